The molecule has 0 unspecified atom stereocenters. The number of ether oxygens (including phenoxy) is 5. The Bertz CT molecular complexity index is 3060. The van der Waals surface area contributed by atoms with Crippen LogP contribution in [0.2, 0.25) is 0 Å². The third-order valence-electron chi connectivity index (χ3n) is 10.9. The second kappa shape index (κ2) is 15.3. The number of hydrogen-bond donors (Lipinski definition) is 16. The second-order valence-electron chi connectivity index (χ2n) is 14.7. The number of hydrogen-bond acceptors (Lipinski definition) is 26. The summed E-state index contributed by atoms with van der Waals surface area (Å²) >= 11 is 0. The van der Waals surface area contributed by atoms with Crippen LogP contribution in [0.25, 0.3) is 22.3 Å². The van der Waals surface area contributed by atoms with Crippen LogP contribution >= 0.6 is 0 Å². The number of benzene rings is 5. The number of carbonyl (C=O) groups is 5. The van der Waals surface area contributed by atoms with Crippen LogP contribution in [0.5, 0.6) is 86.2 Å². The molecule has 0 fully saturated rings. The van der Waals surface area contributed by atoms with Crippen molar-refractivity contribution in [3.05, 3.63) is 63.7 Å². The van der Waals surface area contributed by atoms with Gasteiger partial charge in [0.15, 0.2) is 87.7 Å². The van der Waals surface area contributed by atoms with Gasteiger partial charge in [-0.05, 0) is 30.3 Å². The molecule has 0 radical (unpaired) electrons. The van der Waals surface area contributed by atoms with Crippen molar-refractivity contribution in [2.45, 2.75) is 30.5 Å². The average molecular weight is 937 g/mol. The first-order valence-electron chi connectivity index (χ1n) is 18.6. The molecule has 0 aliphatic carbocycles. The van der Waals surface area contributed by atoms with Gasteiger partial charge in [0.1, 0.15) is 12.7 Å². The van der Waals surface area contributed by atoms with Gasteiger partial charge in [0, 0.05) is 27.8 Å². The van der Waals surface area contributed by atoms with Gasteiger partial charge in [-0.15, -0.1) is 0 Å². The predicted molar refractivity (Wildman–Crippen MR) is 207 cm³/mol. The standard InChI is InChI=1S/C41H28O26/c42-11-1-7(2-12(43)23(11)47)37(58)64-16-6-63-38(59)8-3-13(44)24(48)27(51)17(8)18-9(4-14(45)25(49)28(18)52)39(60)65-34(16)36-35-32(56)22-21(41(62)66-35)20(30(54)33(57)31(22)55)19-10(40(61)67-36)5-15(46)26(50)29(19)53/h1-5,16,32,34-36,42-57H,6H2/t16-,32-,34+,35-,36-/m0/s1. The summed E-state index contributed by atoms with van der Waals surface area (Å²) in [4.78, 5) is 70.9. The molecule has 5 atom stereocenters. The number of esters is 5. The summed E-state index contributed by atoms with van der Waals surface area (Å²) in [7, 11) is 0. The van der Waals surface area contributed by atoms with Gasteiger partial charge >= 0.3 is 29.8 Å². The number of cyclic esters (lactones) is 2. The first kappa shape index (κ1) is 44.0. The highest BCUT2D eigenvalue weighted by Gasteiger charge is 2.54. The monoisotopic (exact) mass is 936 g/mol. The van der Waals surface area contributed by atoms with E-state index in [-0.39, 0.29) is 0 Å². The maximum absolute atomic E-state index is 14.6. The first-order valence-corrected chi connectivity index (χ1v) is 18.6. The van der Waals surface area contributed by atoms with Crippen LogP contribution < -0.4 is 0 Å². The number of carbonyl (C=O) groups excluding carboxylic acids is 5. The third-order valence-corrected chi connectivity index (χ3v) is 10.9. The number of phenolic OH excluding ortho intramolecular Hbond substituents is 15. The van der Waals surface area contributed by atoms with E-state index in [1.165, 1.54) is 0 Å². The van der Waals surface area contributed by atoms with E-state index < -0.39 is 209 Å². The van der Waals surface area contributed by atoms with E-state index in [1.807, 2.05) is 0 Å². The fourth-order valence-corrected chi connectivity index (χ4v) is 7.72. The summed E-state index contributed by atoms with van der Waals surface area (Å²) in [5, 5.41) is 172. The van der Waals surface area contributed by atoms with Crippen molar-refractivity contribution in [3.8, 4) is 108 Å². The van der Waals surface area contributed by atoms with Crippen LogP contribution in [-0.4, -0.2) is 143 Å². The topological polar surface area (TPSA) is 455 Å². The van der Waals surface area contributed by atoms with Crippen molar-refractivity contribution in [1.29, 1.82) is 0 Å². The first-order chi connectivity index (χ1) is 31.5. The van der Waals surface area contributed by atoms with E-state index in [9.17, 15) is 106 Å². The molecular weight excluding hydrogens is 908 g/mol. The molecule has 0 aromatic heterocycles. The second-order valence-corrected chi connectivity index (χ2v) is 14.7. The molecule has 0 saturated carbocycles. The molecule has 4 heterocycles. The van der Waals surface area contributed by atoms with Crippen molar-refractivity contribution >= 4 is 29.8 Å². The molecule has 4 bridgehead atoms. The van der Waals surface area contributed by atoms with Gasteiger partial charge in [-0.3, -0.25) is 0 Å². The summed E-state index contributed by atoms with van der Waals surface area (Å²) in [6.07, 6.45) is -13.4. The largest absolute Gasteiger partial charge is 0.504 e. The molecule has 348 valence electrons. The highest BCUT2D eigenvalue weighted by Crippen LogP contribution is 2.58. The Morgan fingerprint density at radius 1 is 0.433 bits per heavy atom. The van der Waals surface area contributed by atoms with Gasteiger partial charge in [-0.2, -0.15) is 0 Å². The van der Waals surface area contributed by atoms with Gasteiger partial charge in [0.05, 0.1) is 27.8 Å². The highest BCUT2D eigenvalue weighted by molar-refractivity contribution is 6.11. The maximum Gasteiger partial charge on any atom is 0.339 e. The fraction of sp³-hybridized carbons (Fsp3) is 0.146. The number of aliphatic hydroxyl groups is 1. The molecule has 67 heavy (non-hydrogen) atoms. The van der Waals surface area contributed by atoms with Crippen LogP contribution in [0.4, 0.5) is 0 Å². The van der Waals surface area contributed by atoms with Gasteiger partial charge in [0.2, 0.25) is 23.0 Å². The van der Waals surface area contributed by atoms with Crippen LogP contribution in [-0.2, 0) is 23.7 Å². The molecule has 26 heteroatoms. The van der Waals surface area contributed by atoms with Crippen molar-refractivity contribution in [1.82, 2.24) is 0 Å². The van der Waals surface area contributed by atoms with Gasteiger partial charge in [0.25, 0.3) is 0 Å². The Balaban J connectivity index is 1.42. The Morgan fingerprint density at radius 2 is 0.836 bits per heavy atom. The van der Waals surface area contributed by atoms with E-state index in [2.05, 4.69) is 0 Å². The Morgan fingerprint density at radius 3 is 1.33 bits per heavy atom. The fourth-order valence-electron chi connectivity index (χ4n) is 7.72. The minimum absolute atomic E-state index is 0.331. The lowest BCUT2D eigenvalue weighted by Gasteiger charge is -2.40. The zero-order valence-corrected chi connectivity index (χ0v) is 32.7. The van der Waals surface area contributed by atoms with E-state index in [0.717, 1.165) is 0 Å². The molecule has 4 aliphatic rings. The molecular formula is C41H28O26. The molecule has 0 amide bonds. The number of rotatable bonds is 3. The predicted octanol–water partition coefficient (Wildman–Crippen LogP) is 1.34. The zero-order valence-electron chi connectivity index (χ0n) is 32.7. The van der Waals surface area contributed by atoms with Crippen molar-refractivity contribution in [2.24, 2.45) is 0 Å². The van der Waals surface area contributed by atoms with E-state index in [1.54, 1.807) is 0 Å². The van der Waals surface area contributed by atoms with Crippen LogP contribution in [0, 0.1) is 0 Å². The van der Waals surface area contributed by atoms with Crippen molar-refractivity contribution in [3.63, 3.8) is 0 Å². The number of phenols is 15. The molecule has 0 saturated heterocycles. The lowest BCUT2D eigenvalue weighted by molar-refractivity contribution is -0.154. The molecule has 4 aliphatic heterocycles. The summed E-state index contributed by atoms with van der Waals surface area (Å²) in [5.41, 5.74) is -11.0. The molecule has 16 N–H and O–H groups in total. The summed E-state index contributed by atoms with van der Waals surface area (Å²) in [6.45, 7) is -1.50. The van der Waals surface area contributed by atoms with Crippen LogP contribution in [0.15, 0.2) is 30.3 Å². The summed E-state index contributed by atoms with van der Waals surface area (Å²) in [6, 6.07) is 2.15. The lowest BCUT2D eigenvalue weighted by atomic mass is 9.82. The van der Waals surface area contributed by atoms with Gasteiger partial charge in [-0.25, -0.2) is 24.0 Å². The van der Waals surface area contributed by atoms with Crippen LogP contribution in [0.3, 0.4) is 0 Å². The molecule has 0 spiro atoms. The Labute approximate surface area is 368 Å². The quantitative estimate of drug-likeness (QED) is 0.0689. The van der Waals surface area contributed by atoms with E-state index >= 15 is 0 Å². The van der Waals surface area contributed by atoms with E-state index in [4.69, 9.17) is 23.7 Å². The number of fused-ring (bicyclic) bond motifs is 6. The van der Waals surface area contributed by atoms with Gasteiger partial charge in [-0.1, -0.05) is 0 Å². The van der Waals surface area contributed by atoms with Crippen molar-refractivity contribution in [2.75, 3.05) is 6.61 Å². The number of aliphatic hydroxyl groups excluding tert-OH is 1. The Kier molecular flexibility index (Phi) is 10.1. The maximum atomic E-state index is 14.6. The minimum atomic E-state index is -2.79. The molecule has 5 aromatic rings. The average Bonchev–Trinajstić information content (AvgIpc) is 3.29. The lowest BCUT2D eigenvalue weighted by Crippen LogP contribution is -2.56. The number of aromatic hydroxyl groups is 15. The SMILES string of the molecule is O=C(O[C@H]1COC(=O)c2cc(O)c(O)c(O)c2-c2c(cc(O)c(O)c2O)C(=O)O[C@H]1[C@@H]1OC(=O)c2cc(O)c(O)c(O)c2-c2c(O)c(O)c(O)c3c2C(=O)O[C@H]1[C@H]3O)c1cc(O)c(O)c(O)c1. The smallest absolute Gasteiger partial charge is 0.339 e. The summed E-state index contributed by atoms with van der Waals surface area (Å²) < 4.78 is 27.6. The third kappa shape index (κ3) is 6.57. The van der Waals surface area contributed by atoms with Crippen LogP contribution in [0.1, 0.15) is 63.5 Å². The van der Waals surface area contributed by atoms with Crippen molar-refractivity contribution < 1.29 is 129 Å². The summed E-state index contributed by atoms with van der Waals surface area (Å²) in [5.74, 6) is -29.6. The molecule has 9 rings (SSSR count). The minimum Gasteiger partial charge on any atom is -0.504 e. The normalized spacial score (nSPS) is 19.9. The molecule has 5 aromatic carbocycles. The van der Waals surface area contributed by atoms with Gasteiger partial charge < -0.3 is 105 Å². The highest BCUT2D eigenvalue weighted by atomic mass is 16.6. The Hall–Kier alpha value is -9.59. The molecule has 26 nitrogen and oxygen atoms in total. The van der Waals surface area contributed by atoms with E-state index in [0.29, 0.717) is 30.3 Å². The zero-order chi connectivity index (χ0) is 49.0.